The van der Waals surface area contributed by atoms with Crippen molar-refractivity contribution in [2.75, 3.05) is 31.6 Å². The molecule has 0 bridgehead atoms. The number of para-hydroxylation sites is 2. The van der Waals surface area contributed by atoms with Crippen molar-refractivity contribution in [2.24, 2.45) is 5.92 Å². The number of benzene rings is 2. The molecule has 0 aliphatic rings. The van der Waals surface area contributed by atoms with Crippen LogP contribution < -0.4 is 9.04 Å². The normalized spacial score (nSPS) is 11.4. The summed E-state index contributed by atoms with van der Waals surface area (Å²) in [5, 5.41) is 0. The summed E-state index contributed by atoms with van der Waals surface area (Å²) >= 11 is 0. The van der Waals surface area contributed by atoms with Gasteiger partial charge in [-0.1, -0.05) is 38.8 Å². The highest BCUT2D eigenvalue weighted by Crippen LogP contribution is 2.31. The van der Waals surface area contributed by atoms with E-state index in [0.717, 1.165) is 12.8 Å². The molecule has 0 N–H and O–H groups in total. The molecule has 6 nitrogen and oxygen atoms in total. The second-order valence-corrected chi connectivity index (χ2v) is 9.16. The van der Waals surface area contributed by atoms with Gasteiger partial charge in [-0.15, -0.1) is 0 Å². The zero-order chi connectivity index (χ0) is 22.3. The number of carbonyl (C=O) groups is 1. The standard InChI is InChI=1S/C23H32N2O4S/c1-6-18(7-2)17-25(8-3)23(26)19-13-15-20(16-14-19)30(27,28)24(4)21-11-9-10-12-22(21)29-5/h9-16,18H,6-8,17H2,1-5H3. The zero-order valence-electron chi connectivity index (χ0n) is 18.5. The number of ether oxygens (including phenoxy) is 1. The van der Waals surface area contributed by atoms with Crippen LogP contribution in [0, 0.1) is 5.92 Å². The summed E-state index contributed by atoms with van der Waals surface area (Å²) < 4.78 is 32.6. The first-order valence-corrected chi connectivity index (χ1v) is 11.7. The predicted octanol–water partition coefficient (Wildman–Crippen LogP) is 4.42. The second-order valence-electron chi connectivity index (χ2n) is 7.20. The van der Waals surface area contributed by atoms with Crippen molar-refractivity contribution in [2.45, 2.75) is 38.5 Å². The van der Waals surface area contributed by atoms with E-state index in [1.54, 1.807) is 36.4 Å². The molecule has 0 radical (unpaired) electrons. The average Bonchev–Trinajstić information content (AvgIpc) is 2.79. The van der Waals surface area contributed by atoms with Crippen molar-refractivity contribution in [3.8, 4) is 5.75 Å². The van der Waals surface area contributed by atoms with Crippen LogP contribution in [-0.2, 0) is 10.0 Å². The third kappa shape index (κ3) is 5.14. The fourth-order valence-corrected chi connectivity index (χ4v) is 4.55. The van der Waals surface area contributed by atoms with Crippen LogP contribution in [-0.4, -0.2) is 46.5 Å². The highest BCUT2D eigenvalue weighted by atomic mass is 32.2. The lowest BCUT2D eigenvalue weighted by molar-refractivity contribution is 0.0735. The van der Waals surface area contributed by atoms with Gasteiger partial charge in [0.15, 0.2) is 0 Å². The van der Waals surface area contributed by atoms with E-state index in [4.69, 9.17) is 4.74 Å². The third-order valence-electron chi connectivity index (χ3n) is 5.49. The number of methoxy groups -OCH3 is 1. The Morgan fingerprint density at radius 3 is 2.13 bits per heavy atom. The maximum Gasteiger partial charge on any atom is 0.264 e. The molecule has 2 rings (SSSR count). The first-order chi connectivity index (χ1) is 14.3. The number of hydrogen-bond donors (Lipinski definition) is 0. The van der Waals surface area contributed by atoms with Crippen LogP contribution in [0.1, 0.15) is 44.0 Å². The number of sulfonamides is 1. The molecule has 0 aliphatic heterocycles. The number of rotatable bonds is 10. The Bertz CT molecular complexity index is 938. The second kappa shape index (κ2) is 10.5. The maximum absolute atomic E-state index is 13.1. The van der Waals surface area contributed by atoms with Crippen LogP contribution in [0.3, 0.4) is 0 Å². The van der Waals surface area contributed by atoms with Gasteiger partial charge in [-0.05, 0) is 49.2 Å². The summed E-state index contributed by atoms with van der Waals surface area (Å²) in [6.45, 7) is 7.54. The molecule has 0 spiro atoms. The van der Waals surface area contributed by atoms with Crippen LogP contribution in [0.4, 0.5) is 5.69 Å². The van der Waals surface area contributed by atoms with Crippen molar-refractivity contribution in [1.82, 2.24) is 4.90 Å². The Balaban J connectivity index is 2.26. The van der Waals surface area contributed by atoms with Crippen LogP contribution in [0.2, 0.25) is 0 Å². The van der Waals surface area contributed by atoms with Crippen molar-refractivity contribution < 1.29 is 17.9 Å². The smallest absolute Gasteiger partial charge is 0.264 e. The van der Waals surface area contributed by atoms with Gasteiger partial charge in [-0.2, -0.15) is 0 Å². The van der Waals surface area contributed by atoms with E-state index < -0.39 is 10.0 Å². The largest absolute Gasteiger partial charge is 0.495 e. The Hall–Kier alpha value is -2.54. The summed E-state index contributed by atoms with van der Waals surface area (Å²) in [7, 11) is -0.804. The van der Waals surface area contributed by atoms with Gasteiger partial charge in [-0.25, -0.2) is 8.42 Å². The predicted molar refractivity (Wildman–Crippen MR) is 121 cm³/mol. The van der Waals surface area contributed by atoms with Gasteiger partial charge in [0.25, 0.3) is 15.9 Å². The summed E-state index contributed by atoms with van der Waals surface area (Å²) in [5.74, 6) is 0.852. The topological polar surface area (TPSA) is 66.9 Å². The Labute approximate surface area is 180 Å². The first-order valence-electron chi connectivity index (χ1n) is 10.3. The fourth-order valence-electron chi connectivity index (χ4n) is 3.34. The van der Waals surface area contributed by atoms with Gasteiger partial charge in [0.2, 0.25) is 0 Å². The first kappa shape index (κ1) is 23.7. The minimum atomic E-state index is -3.79. The van der Waals surface area contributed by atoms with E-state index in [2.05, 4.69) is 13.8 Å². The monoisotopic (exact) mass is 432 g/mol. The lowest BCUT2D eigenvalue weighted by Gasteiger charge is -2.26. The molecule has 0 saturated heterocycles. The number of hydrogen-bond acceptors (Lipinski definition) is 4. The molecule has 0 aliphatic carbocycles. The molecule has 2 aromatic carbocycles. The summed E-state index contributed by atoms with van der Waals surface area (Å²) in [6, 6.07) is 13.1. The van der Waals surface area contributed by atoms with Gasteiger partial charge >= 0.3 is 0 Å². The molecule has 30 heavy (non-hydrogen) atoms. The molecule has 0 unspecified atom stereocenters. The van der Waals surface area contributed by atoms with Gasteiger partial charge in [0, 0.05) is 25.7 Å². The number of nitrogens with zero attached hydrogens (tertiary/aromatic N) is 2. The van der Waals surface area contributed by atoms with Crippen LogP contribution in [0.15, 0.2) is 53.4 Å². The molecular weight excluding hydrogens is 400 g/mol. The summed E-state index contributed by atoms with van der Waals surface area (Å²) in [5.41, 5.74) is 0.934. The van der Waals surface area contributed by atoms with Crippen molar-refractivity contribution in [1.29, 1.82) is 0 Å². The Kier molecular flexibility index (Phi) is 8.29. The van der Waals surface area contributed by atoms with E-state index in [9.17, 15) is 13.2 Å². The number of amides is 1. The molecule has 0 fully saturated rings. The highest BCUT2D eigenvalue weighted by molar-refractivity contribution is 7.92. The molecule has 7 heteroatoms. The quantitative estimate of drug-likeness (QED) is 0.557. The minimum absolute atomic E-state index is 0.0774. The Morgan fingerprint density at radius 2 is 1.60 bits per heavy atom. The maximum atomic E-state index is 13.1. The zero-order valence-corrected chi connectivity index (χ0v) is 19.3. The lowest BCUT2D eigenvalue weighted by Crippen LogP contribution is -2.35. The molecule has 0 atom stereocenters. The minimum Gasteiger partial charge on any atom is -0.495 e. The van der Waals surface area contributed by atoms with Crippen molar-refractivity contribution in [3.05, 3.63) is 54.1 Å². The van der Waals surface area contributed by atoms with Gasteiger partial charge in [0.05, 0.1) is 17.7 Å². The molecule has 0 aromatic heterocycles. The van der Waals surface area contributed by atoms with E-state index in [0.29, 0.717) is 36.0 Å². The lowest BCUT2D eigenvalue weighted by atomic mass is 10.0. The molecular formula is C23H32N2O4S. The fraction of sp³-hybridized carbons (Fsp3) is 0.435. The molecule has 2 aromatic rings. The van der Waals surface area contributed by atoms with Crippen LogP contribution >= 0.6 is 0 Å². The molecule has 0 saturated carbocycles. The molecule has 0 heterocycles. The molecule has 1 amide bonds. The Morgan fingerprint density at radius 1 is 1.00 bits per heavy atom. The summed E-state index contributed by atoms with van der Waals surface area (Å²) in [4.78, 5) is 14.8. The number of anilines is 1. The third-order valence-corrected chi connectivity index (χ3v) is 7.27. The number of carbonyl (C=O) groups excluding carboxylic acids is 1. The van der Waals surface area contributed by atoms with Gasteiger partial charge < -0.3 is 9.64 Å². The van der Waals surface area contributed by atoms with Crippen LogP contribution in [0.5, 0.6) is 5.75 Å². The van der Waals surface area contributed by atoms with Crippen LogP contribution in [0.25, 0.3) is 0 Å². The van der Waals surface area contributed by atoms with Gasteiger partial charge in [0.1, 0.15) is 5.75 Å². The SMILES string of the molecule is CCC(CC)CN(CC)C(=O)c1ccc(S(=O)(=O)N(C)c2ccccc2OC)cc1. The van der Waals surface area contributed by atoms with E-state index in [1.807, 2.05) is 11.8 Å². The van der Waals surface area contributed by atoms with E-state index >= 15 is 0 Å². The summed E-state index contributed by atoms with van der Waals surface area (Å²) in [6.07, 6.45) is 2.04. The van der Waals surface area contributed by atoms with Crippen molar-refractivity contribution >= 4 is 21.6 Å². The average molecular weight is 433 g/mol. The highest BCUT2D eigenvalue weighted by Gasteiger charge is 2.24. The van der Waals surface area contributed by atoms with Gasteiger partial charge in [-0.3, -0.25) is 9.10 Å². The van der Waals surface area contributed by atoms with E-state index in [1.165, 1.54) is 30.6 Å². The van der Waals surface area contributed by atoms with E-state index in [-0.39, 0.29) is 10.8 Å². The van der Waals surface area contributed by atoms with Crippen molar-refractivity contribution in [3.63, 3.8) is 0 Å². The molecule has 164 valence electrons.